The molecule has 0 unspecified atom stereocenters. The molecule has 0 atom stereocenters. The Morgan fingerprint density at radius 2 is 1.57 bits per heavy atom. The van der Waals surface area contributed by atoms with Crippen molar-refractivity contribution in [2.24, 2.45) is 0 Å². The summed E-state index contributed by atoms with van der Waals surface area (Å²) in [5.41, 5.74) is 3.75. The monoisotopic (exact) mass is 381 g/mol. The molecular weight excluding hydrogens is 350 g/mol. The normalized spacial score (nSPS) is 11.0. The zero-order valence-corrected chi connectivity index (χ0v) is 17.7. The molecule has 1 aromatic heterocycles. The molecule has 28 heavy (non-hydrogen) atoms. The molecule has 1 heterocycles. The first kappa shape index (κ1) is 21.6. The van der Waals surface area contributed by atoms with Crippen LogP contribution in [0.5, 0.6) is 0 Å². The van der Waals surface area contributed by atoms with Crippen molar-refractivity contribution in [1.82, 2.24) is 9.88 Å². The van der Waals surface area contributed by atoms with Crippen LogP contribution in [0.15, 0.2) is 36.5 Å². The third-order valence-corrected chi connectivity index (χ3v) is 4.90. The van der Waals surface area contributed by atoms with Gasteiger partial charge in [-0.3, -0.25) is 14.6 Å². The number of aromatic nitrogens is 1. The number of anilines is 1. The first-order valence-electron chi connectivity index (χ1n) is 9.99. The minimum atomic E-state index is -0.302. The van der Waals surface area contributed by atoms with Gasteiger partial charge in [0.1, 0.15) is 5.69 Å². The van der Waals surface area contributed by atoms with Crippen molar-refractivity contribution in [3.05, 3.63) is 58.9 Å². The van der Waals surface area contributed by atoms with E-state index < -0.39 is 0 Å². The quantitative estimate of drug-likeness (QED) is 0.729. The topological polar surface area (TPSA) is 62.3 Å². The highest BCUT2D eigenvalue weighted by molar-refractivity contribution is 6.05. The lowest BCUT2D eigenvalue weighted by atomic mass is 9.92. The molecule has 0 aliphatic carbocycles. The highest BCUT2D eigenvalue weighted by Crippen LogP contribution is 2.32. The molecule has 0 radical (unpaired) electrons. The van der Waals surface area contributed by atoms with Gasteiger partial charge in [-0.25, -0.2) is 0 Å². The molecule has 0 aliphatic rings. The summed E-state index contributed by atoms with van der Waals surface area (Å²) in [6.45, 7) is 13.6. The van der Waals surface area contributed by atoms with Crippen molar-refractivity contribution < 1.29 is 9.59 Å². The fourth-order valence-corrected chi connectivity index (χ4v) is 3.25. The van der Waals surface area contributed by atoms with Gasteiger partial charge in [0.15, 0.2) is 0 Å². The lowest BCUT2D eigenvalue weighted by Crippen LogP contribution is -2.30. The lowest BCUT2D eigenvalue weighted by molar-refractivity contribution is 0.0773. The molecular formula is C23H31N3O2. The second kappa shape index (κ2) is 9.49. The van der Waals surface area contributed by atoms with Crippen LogP contribution in [-0.2, 0) is 0 Å². The highest BCUT2D eigenvalue weighted by atomic mass is 16.2. The Labute approximate surface area is 168 Å². The van der Waals surface area contributed by atoms with E-state index in [1.807, 2.05) is 32.0 Å². The van der Waals surface area contributed by atoms with Crippen LogP contribution in [0.25, 0.3) is 0 Å². The second-order valence-corrected chi connectivity index (χ2v) is 7.48. The molecule has 2 aromatic rings. The summed E-state index contributed by atoms with van der Waals surface area (Å²) in [5, 5.41) is 3.06. The van der Waals surface area contributed by atoms with Gasteiger partial charge in [0.25, 0.3) is 11.8 Å². The summed E-state index contributed by atoms with van der Waals surface area (Å²) in [6.07, 6.45) is 1.52. The van der Waals surface area contributed by atoms with E-state index in [1.165, 1.54) is 6.20 Å². The Morgan fingerprint density at radius 3 is 2.07 bits per heavy atom. The molecule has 150 valence electrons. The van der Waals surface area contributed by atoms with E-state index in [2.05, 4.69) is 38.0 Å². The maximum atomic E-state index is 12.9. The smallest absolute Gasteiger partial charge is 0.274 e. The largest absolute Gasteiger partial charge is 0.339 e. The van der Waals surface area contributed by atoms with Crippen LogP contribution in [0, 0.1) is 0 Å². The maximum Gasteiger partial charge on any atom is 0.274 e. The summed E-state index contributed by atoms with van der Waals surface area (Å²) >= 11 is 0. The van der Waals surface area contributed by atoms with E-state index in [0.717, 1.165) is 16.8 Å². The number of nitrogens with zero attached hydrogens (tertiary/aromatic N) is 2. The predicted molar refractivity (Wildman–Crippen MR) is 114 cm³/mol. The fourth-order valence-electron chi connectivity index (χ4n) is 3.25. The van der Waals surface area contributed by atoms with Gasteiger partial charge in [0.05, 0.1) is 0 Å². The van der Waals surface area contributed by atoms with Crippen molar-refractivity contribution in [2.45, 2.75) is 53.4 Å². The number of para-hydroxylation sites is 1. The molecule has 0 bridgehead atoms. The molecule has 2 rings (SSSR count). The van der Waals surface area contributed by atoms with Crippen LogP contribution in [0.2, 0.25) is 0 Å². The van der Waals surface area contributed by atoms with E-state index in [-0.39, 0.29) is 29.3 Å². The number of benzene rings is 1. The van der Waals surface area contributed by atoms with Crippen LogP contribution in [0.1, 0.15) is 85.4 Å². The molecule has 0 saturated carbocycles. The van der Waals surface area contributed by atoms with Crippen LogP contribution in [0.3, 0.4) is 0 Å². The van der Waals surface area contributed by atoms with E-state index >= 15 is 0 Å². The van der Waals surface area contributed by atoms with Crippen molar-refractivity contribution in [3.63, 3.8) is 0 Å². The summed E-state index contributed by atoms with van der Waals surface area (Å²) in [6, 6.07) is 9.34. The minimum Gasteiger partial charge on any atom is -0.339 e. The van der Waals surface area contributed by atoms with E-state index in [9.17, 15) is 9.59 Å². The third kappa shape index (κ3) is 4.77. The molecule has 0 aliphatic heterocycles. The van der Waals surface area contributed by atoms with Crippen molar-refractivity contribution in [3.8, 4) is 0 Å². The number of carbonyl (C=O) groups is 2. The van der Waals surface area contributed by atoms with Crippen molar-refractivity contribution >= 4 is 17.5 Å². The number of pyridine rings is 1. The predicted octanol–water partition coefficient (Wildman–Crippen LogP) is 5.06. The average Bonchev–Trinajstić information content (AvgIpc) is 2.68. The number of carbonyl (C=O) groups excluding carboxylic acids is 2. The lowest BCUT2D eigenvalue weighted by Gasteiger charge is -2.20. The van der Waals surface area contributed by atoms with Gasteiger partial charge in [0.2, 0.25) is 0 Å². The summed E-state index contributed by atoms with van der Waals surface area (Å²) in [4.78, 5) is 31.5. The van der Waals surface area contributed by atoms with Crippen molar-refractivity contribution in [2.75, 3.05) is 18.4 Å². The first-order valence-corrected chi connectivity index (χ1v) is 9.99. The van der Waals surface area contributed by atoms with Gasteiger partial charge in [-0.2, -0.15) is 0 Å². The van der Waals surface area contributed by atoms with Gasteiger partial charge in [-0.1, -0.05) is 45.9 Å². The third-order valence-electron chi connectivity index (χ3n) is 4.90. The SMILES string of the molecule is CCN(CC)C(=O)c1ccnc(C(=O)Nc2c(C(C)C)cccc2C(C)C)c1. The van der Waals surface area contributed by atoms with E-state index in [4.69, 9.17) is 0 Å². The Bertz CT molecular complexity index is 813. The van der Waals surface area contributed by atoms with Crippen molar-refractivity contribution in [1.29, 1.82) is 0 Å². The molecule has 5 nitrogen and oxygen atoms in total. The number of amides is 2. The second-order valence-electron chi connectivity index (χ2n) is 7.48. The molecule has 1 N–H and O–H groups in total. The Morgan fingerprint density at radius 1 is 1.00 bits per heavy atom. The summed E-state index contributed by atoms with van der Waals surface area (Å²) in [7, 11) is 0. The average molecular weight is 382 g/mol. The summed E-state index contributed by atoms with van der Waals surface area (Å²) < 4.78 is 0. The summed E-state index contributed by atoms with van der Waals surface area (Å²) in [5.74, 6) is 0.158. The van der Waals surface area contributed by atoms with Crippen LogP contribution >= 0.6 is 0 Å². The Balaban J connectivity index is 2.37. The number of hydrogen-bond donors (Lipinski definition) is 1. The van der Waals surface area contributed by atoms with Crippen LogP contribution in [-0.4, -0.2) is 34.8 Å². The minimum absolute atomic E-state index is 0.0908. The van der Waals surface area contributed by atoms with Crippen LogP contribution < -0.4 is 5.32 Å². The number of rotatable bonds is 7. The fraction of sp³-hybridized carbons (Fsp3) is 0.435. The highest BCUT2D eigenvalue weighted by Gasteiger charge is 2.19. The standard InChI is InChI=1S/C23H31N3O2/c1-7-26(8-2)23(28)17-12-13-24-20(14-17)22(27)25-21-18(15(3)4)10-9-11-19(21)16(5)6/h9-16H,7-8H2,1-6H3,(H,25,27). The van der Waals surface area contributed by atoms with Gasteiger partial charge >= 0.3 is 0 Å². The van der Waals surface area contributed by atoms with Gasteiger partial charge in [0, 0.05) is 30.5 Å². The molecule has 1 aromatic carbocycles. The Kier molecular flexibility index (Phi) is 7.32. The van der Waals surface area contributed by atoms with Crippen LogP contribution in [0.4, 0.5) is 5.69 Å². The van der Waals surface area contributed by atoms with Gasteiger partial charge in [-0.05, 0) is 48.9 Å². The molecule has 0 saturated heterocycles. The molecule has 0 spiro atoms. The number of nitrogens with one attached hydrogen (secondary N) is 1. The molecule has 0 fully saturated rings. The van der Waals surface area contributed by atoms with Gasteiger partial charge in [-0.15, -0.1) is 0 Å². The first-order chi connectivity index (χ1) is 13.3. The molecule has 2 amide bonds. The molecule has 5 heteroatoms. The zero-order chi connectivity index (χ0) is 20.8. The maximum absolute atomic E-state index is 12.9. The van der Waals surface area contributed by atoms with E-state index in [1.54, 1.807) is 17.0 Å². The zero-order valence-electron chi connectivity index (χ0n) is 17.7. The van der Waals surface area contributed by atoms with Gasteiger partial charge < -0.3 is 10.2 Å². The number of hydrogen-bond acceptors (Lipinski definition) is 3. The van der Waals surface area contributed by atoms with E-state index in [0.29, 0.717) is 18.7 Å². The Hall–Kier alpha value is -2.69.